The Morgan fingerprint density at radius 1 is 1.60 bits per heavy atom. The van der Waals surface area contributed by atoms with Crippen molar-refractivity contribution in [2.45, 2.75) is 26.7 Å². The summed E-state index contributed by atoms with van der Waals surface area (Å²) >= 11 is 0. The third-order valence-corrected chi connectivity index (χ3v) is 1.89. The van der Waals surface area contributed by atoms with Crippen molar-refractivity contribution in [3.63, 3.8) is 0 Å². The summed E-state index contributed by atoms with van der Waals surface area (Å²) in [6.07, 6.45) is 4.46. The zero-order valence-corrected chi connectivity index (χ0v) is 6.94. The number of nitrogens with zero attached hydrogens (tertiary/aromatic N) is 1. The van der Waals surface area contributed by atoms with E-state index in [1.165, 1.54) is 24.4 Å². The van der Waals surface area contributed by atoms with E-state index in [0.717, 1.165) is 0 Å². The molecule has 0 aliphatic rings. The molecular weight excluding hydrogens is 124 g/mol. The molecule has 1 aromatic heterocycles. The molecule has 0 unspecified atom stereocenters. The fourth-order valence-electron chi connectivity index (χ4n) is 1.09. The summed E-state index contributed by atoms with van der Waals surface area (Å²) in [5.74, 6) is 1.23. The van der Waals surface area contributed by atoms with Crippen LogP contribution in [0.3, 0.4) is 0 Å². The van der Waals surface area contributed by atoms with Crippen molar-refractivity contribution in [1.82, 2.24) is 4.98 Å². The van der Waals surface area contributed by atoms with Gasteiger partial charge in [-0.1, -0.05) is 6.92 Å². The van der Waals surface area contributed by atoms with E-state index in [4.69, 9.17) is 0 Å². The lowest BCUT2D eigenvalue weighted by Crippen LogP contribution is -2.33. The van der Waals surface area contributed by atoms with Crippen molar-refractivity contribution in [2.24, 2.45) is 7.05 Å². The molecule has 0 radical (unpaired) electrons. The minimum Gasteiger partial charge on any atom is -0.248 e. The highest BCUT2D eigenvalue weighted by molar-refractivity contribution is 4.89. The van der Waals surface area contributed by atoms with Crippen LogP contribution in [0.1, 0.15) is 24.9 Å². The molecule has 0 fully saturated rings. The van der Waals surface area contributed by atoms with Crippen LogP contribution in [0, 0.1) is 6.92 Å². The Balaban J connectivity index is 2.83. The molecule has 0 saturated heterocycles. The Hall–Kier alpha value is -0.790. The number of aromatic amines is 1. The number of hydrogen-bond donors (Lipinski definition) is 1. The highest BCUT2D eigenvalue weighted by atomic mass is 15.0. The molecule has 1 heterocycles. The molecule has 2 heteroatoms. The second-order valence-electron chi connectivity index (χ2n) is 2.67. The molecule has 1 aromatic rings. The normalized spacial score (nSPS) is 10.3. The third kappa shape index (κ3) is 1.20. The first kappa shape index (κ1) is 7.32. The third-order valence-electron chi connectivity index (χ3n) is 1.89. The van der Waals surface area contributed by atoms with Crippen LogP contribution in [0.15, 0.2) is 6.20 Å². The van der Waals surface area contributed by atoms with Gasteiger partial charge < -0.3 is 0 Å². The van der Waals surface area contributed by atoms with Gasteiger partial charge in [0.2, 0.25) is 0 Å². The van der Waals surface area contributed by atoms with Gasteiger partial charge in [0.1, 0.15) is 11.9 Å². The molecule has 2 nitrogen and oxygen atoms in total. The van der Waals surface area contributed by atoms with Crippen LogP contribution in [0.25, 0.3) is 0 Å². The van der Waals surface area contributed by atoms with Crippen molar-refractivity contribution >= 4 is 0 Å². The largest absolute Gasteiger partial charge is 0.251 e. The zero-order chi connectivity index (χ0) is 7.56. The molecule has 1 rings (SSSR count). The standard InChI is InChI=1S/C8H14N2/c1-4-5-8-6-9-7(2)10(8)3/h6H,4-5H2,1-3H3/p+1. The predicted octanol–water partition coefficient (Wildman–Crippen LogP) is 1.10. The Morgan fingerprint density at radius 2 is 2.30 bits per heavy atom. The van der Waals surface area contributed by atoms with E-state index in [-0.39, 0.29) is 0 Å². The van der Waals surface area contributed by atoms with Crippen LogP contribution >= 0.6 is 0 Å². The first-order chi connectivity index (χ1) is 4.75. The van der Waals surface area contributed by atoms with Gasteiger partial charge in [-0.05, 0) is 6.42 Å². The lowest BCUT2D eigenvalue weighted by molar-refractivity contribution is -0.683. The van der Waals surface area contributed by atoms with E-state index in [2.05, 4.69) is 36.6 Å². The summed E-state index contributed by atoms with van der Waals surface area (Å²) in [5.41, 5.74) is 1.39. The fourth-order valence-corrected chi connectivity index (χ4v) is 1.09. The maximum atomic E-state index is 3.18. The maximum absolute atomic E-state index is 3.18. The number of aryl methyl sites for hydroxylation is 2. The first-order valence-corrected chi connectivity index (χ1v) is 3.78. The van der Waals surface area contributed by atoms with Gasteiger partial charge in [0, 0.05) is 13.3 Å². The lowest BCUT2D eigenvalue weighted by atomic mass is 10.3. The maximum Gasteiger partial charge on any atom is 0.251 e. The Morgan fingerprint density at radius 3 is 2.70 bits per heavy atom. The second kappa shape index (κ2) is 2.86. The first-order valence-electron chi connectivity index (χ1n) is 3.78. The van der Waals surface area contributed by atoms with Crippen molar-refractivity contribution in [3.05, 3.63) is 17.7 Å². The van der Waals surface area contributed by atoms with E-state index in [1.807, 2.05) is 0 Å². The van der Waals surface area contributed by atoms with Gasteiger partial charge in [-0.25, -0.2) is 9.55 Å². The summed E-state index contributed by atoms with van der Waals surface area (Å²) in [5, 5.41) is 0. The minimum atomic E-state index is 1.17. The monoisotopic (exact) mass is 139 g/mol. The predicted molar refractivity (Wildman–Crippen MR) is 40.7 cm³/mol. The molecule has 0 aromatic carbocycles. The molecule has 10 heavy (non-hydrogen) atoms. The number of rotatable bonds is 2. The van der Waals surface area contributed by atoms with Gasteiger partial charge in [-0.2, -0.15) is 0 Å². The summed E-state index contributed by atoms with van der Waals surface area (Å²) < 4.78 is 2.20. The summed E-state index contributed by atoms with van der Waals surface area (Å²) in [4.78, 5) is 3.18. The molecule has 0 atom stereocenters. The van der Waals surface area contributed by atoms with Crippen LogP contribution in [0.4, 0.5) is 0 Å². The Bertz CT molecular complexity index is 213. The topological polar surface area (TPSA) is 19.7 Å². The molecule has 56 valence electrons. The highest BCUT2D eigenvalue weighted by Crippen LogP contribution is 1.95. The van der Waals surface area contributed by atoms with E-state index in [0.29, 0.717) is 0 Å². The van der Waals surface area contributed by atoms with Crippen LogP contribution in [-0.2, 0) is 13.5 Å². The van der Waals surface area contributed by atoms with Gasteiger partial charge >= 0.3 is 0 Å². The Labute approximate surface area is 61.9 Å². The molecule has 0 aliphatic heterocycles. The SMILES string of the molecule is CCCc1c[nH]c(C)[n+]1C. The quantitative estimate of drug-likeness (QED) is 0.592. The molecule has 0 saturated carbocycles. The highest BCUT2D eigenvalue weighted by Gasteiger charge is 2.07. The molecule has 1 N–H and O–H groups in total. The number of nitrogens with one attached hydrogen (secondary N) is 1. The van der Waals surface area contributed by atoms with Gasteiger partial charge in [0.25, 0.3) is 5.82 Å². The van der Waals surface area contributed by atoms with E-state index in [1.54, 1.807) is 0 Å². The molecular formula is C8H15N2+. The molecule has 0 amide bonds. The van der Waals surface area contributed by atoms with Crippen molar-refractivity contribution in [2.75, 3.05) is 0 Å². The van der Waals surface area contributed by atoms with Gasteiger partial charge in [-0.15, -0.1) is 0 Å². The van der Waals surface area contributed by atoms with Crippen molar-refractivity contribution in [1.29, 1.82) is 0 Å². The van der Waals surface area contributed by atoms with E-state index >= 15 is 0 Å². The number of imidazole rings is 1. The zero-order valence-electron chi connectivity index (χ0n) is 6.94. The van der Waals surface area contributed by atoms with Gasteiger partial charge in [-0.3, -0.25) is 0 Å². The minimum absolute atomic E-state index is 1.17. The smallest absolute Gasteiger partial charge is 0.248 e. The van der Waals surface area contributed by atoms with E-state index < -0.39 is 0 Å². The van der Waals surface area contributed by atoms with Crippen LogP contribution in [-0.4, -0.2) is 4.98 Å². The summed E-state index contributed by atoms with van der Waals surface area (Å²) in [6.45, 7) is 4.28. The summed E-state index contributed by atoms with van der Waals surface area (Å²) in [7, 11) is 2.09. The number of hydrogen-bond acceptors (Lipinski definition) is 0. The average Bonchev–Trinajstić information content (AvgIpc) is 2.20. The average molecular weight is 139 g/mol. The van der Waals surface area contributed by atoms with Gasteiger partial charge in [0.15, 0.2) is 0 Å². The van der Waals surface area contributed by atoms with Crippen LogP contribution in [0.2, 0.25) is 0 Å². The van der Waals surface area contributed by atoms with Crippen LogP contribution < -0.4 is 4.57 Å². The summed E-state index contributed by atoms with van der Waals surface area (Å²) in [6, 6.07) is 0. The molecule has 0 spiro atoms. The second-order valence-corrected chi connectivity index (χ2v) is 2.67. The fraction of sp³-hybridized carbons (Fsp3) is 0.625. The number of aromatic nitrogens is 2. The Kier molecular flexibility index (Phi) is 2.10. The lowest BCUT2D eigenvalue weighted by Gasteiger charge is -1.91. The molecule has 0 bridgehead atoms. The van der Waals surface area contributed by atoms with E-state index in [9.17, 15) is 0 Å². The van der Waals surface area contributed by atoms with Crippen molar-refractivity contribution in [3.8, 4) is 0 Å². The number of H-pyrrole nitrogens is 1. The molecule has 0 aliphatic carbocycles. The van der Waals surface area contributed by atoms with Crippen molar-refractivity contribution < 1.29 is 4.57 Å². The van der Waals surface area contributed by atoms with Gasteiger partial charge in [0.05, 0.1) is 7.05 Å². The van der Waals surface area contributed by atoms with Crippen LogP contribution in [0.5, 0.6) is 0 Å².